The van der Waals surface area contributed by atoms with E-state index in [1.54, 1.807) is 17.4 Å². The molecular formula is C32H48N2O2S. The Kier molecular flexibility index (Phi) is 15.9. The van der Waals surface area contributed by atoms with E-state index in [2.05, 4.69) is 76.4 Å². The molecule has 0 spiro atoms. The molecule has 0 fully saturated rings. The van der Waals surface area contributed by atoms with E-state index in [4.69, 9.17) is 4.98 Å². The molecule has 0 amide bonds. The fourth-order valence-corrected chi connectivity index (χ4v) is 4.97. The third-order valence-electron chi connectivity index (χ3n) is 5.95. The lowest BCUT2D eigenvalue weighted by atomic mass is 9.80. The lowest BCUT2D eigenvalue weighted by Crippen LogP contribution is -2.17. The van der Waals surface area contributed by atoms with Crippen molar-refractivity contribution >= 4 is 23.4 Å². The minimum Gasteiger partial charge on any atom is -0.306 e. The molecule has 1 aromatic heterocycles. The lowest BCUT2D eigenvalue weighted by Gasteiger charge is -2.24. The van der Waals surface area contributed by atoms with Crippen LogP contribution in [-0.2, 0) is 22.4 Å². The van der Waals surface area contributed by atoms with Crippen LogP contribution in [0.4, 0.5) is 0 Å². The van der Waals surface area contributed by atoms with Crippen LogP contribution >= 0.6 is 11.3 Å². The van der Waals surface area contributed by atoms with Gasteiger partial charge in [-0.05, 0) is 78.5 Å². The summed E-state index contributed by atoms with van der Waals surface area (Å²) in [6, 6.07) is 0. The van der Waals surface area contributed by atoms with Crippen molar-refractivity contribution in [2.75, 3.05) is 20.6 Å². The van der Waals surface area contributed by atoms with Gasteiger partial charge in [0.25, 0.3) is 0 Å². The number of hydrogen-bond acceptors (Lipinski definition) is 5. The van der Waals surface area contributed by atoms with Crippen molar-refractivity contribution in [3.63, 3.8) is 0 Å². The maximum absolute atomic E-state index is 12.5. The highest BCUT2D eigenvalue weighted by Gasteiger charge is 2.22. The Morgan fingerprint density at radius 1 is 1.00 bits per heavy atom. The summed E-state index contributed by atoms with van der Waals surface area (Å²) >= 11 is 1.75. The third kappa shape index (κ3) is 16.9. The van der Waals surface area contributed by atoms with Crippen molar-refractivity contribution in [3.8, 4) is 0 Å². The number of aldehydes is 1. The lowest BCUT2D eigenvalue weighted by molar-refractivity contribution is -0.121. The zero-order valence-corrected chi connectivity index (χ0v) is 25.0. The van der Waals surface area contributed by atoms with Gasteiger partial charge in [-0.2, -0.15) is 0 Å². The first kappa shape index (κ1) is 32.7. The summed E-state index contributed by atoms with van der Waals surface area (Å²) in [4.78, 5) is 29.9. The van der Waals surface area contributed by atoms with E-state index in [0.29, 0.717) is 18.6 Å². The van der Waals surface area contributed by atoms with Crippen LogP contribution in [0.15, 0.2) is 64.6 Å². The number of thiazole rings is 1. The van der Waals surface area contributed by atoms with Crippen LogP contribution in [0.1, 0.15) is 83.8 Å². The molecule has 0 aromatic carbocycles. The summed E-state index contributed by atoms with van der Waals surface area (Å²) < 4.78 is 0. The van der Waals surface area contributed by atoms with Crippen LogP contribution in [0.5, 0.6) is 0 Å². The van der Waals surface area contributed by atoms with Gasteiger partial charge in [0.2, 0.25) is 0 Å². The number of carbonyl (C=O) groups excluding carboxylic acids is 2. The van der Waals surface area contributed by atoms with E-state index >= 15 is 0 Å². The highest BCUT2D eigenvalue weighted by atomic mass is 32.1. The first-order chi connectivity index (χ1) is 17.5. The predicted molar refractivity (Wildman–Crippen MR) is 160 cm³/mol. The first-order valence-corrected chi connectivity index (χ1v) is 14.3. The summed E-state index contributed by atoms with van der Waals surface area (Å²) in [6.07, 6.45) is 21.7. The molecule has 0 aliphatic rings. The van der Waals surface area contributed by atoms with Gasteiger partial charge >= 0.3 is 0 Å². The molecule has 1 aromatic rings. The summed E-state index contributed by atoms with van der Waals surface area (Å²) in [5, 5.41) is 3.36. The second-order valence-corrected chi connectivity index (χ2v) is 12.0. The number of carbonyl (C=O) groups is 2. The van der Waals surface area contributed by atoms with Gasteiger partial charge in [0, 0.05) is 31.2 Å². The first-order valence-electron chi connectivity index (χ1n) is 13.4. The molecule has 0 unspecified atom stereocenters. The van der Waals surface area contributed by atoms with Gasteiger partial charge in [0.05, 0.1) is 10.7 Å². The second-order valence-electron chi connectivity index (χ2n) is 11.1. The number of rotatable bonds is 18. The smallest absolute Gasteiger partial charge is 0.142 e. The number of nitrogens with zero attached hydrogens (tertiary/aromatic N) is 2. The topological polar surface area (TPSA) is 50.3 Å². The van der Waals surface area contributed by atoms with Crippen LogP contribution in [0.3, 0.4) is 0 Å². The van der Waals surface area contributed by atoms with E-state index in [9.17, 15) is 9.59 Å². The number of ketones is 1. The Morgan fingerprint density at radius 2 is 1.70 bits per heavy atom. The monoisotopic (exact) mass is 524 g/mol. The molecule has 5 heteroatoms. The molecule has 0 N–H and O–H groups in total. The average molecular weight is 525 g/mol. The Morgan fingerprint density at radius 3 is 2.38 bits per heavy atom. The van der Waals surface area contributed by atoms with Crippen molar-refractivity contribution in [2.24, 2.45) is 5.41 Å². The minimum atomic E-state index is -0.0687. The SMILES string of the molecule is CC(/C=C/C(C)=C/CN(C)C)=C\CCc1nc(CCCCC(=O)CC(C)(C)C/C(C)=C/C=C\C=O)cs1. The number of aromatic nitrogens is 1. The maximum atomic E-state index is 12.5. The van der Waals surface area contributed by atoms with E-state index in [1.165, 1.54) is 27.8 Å². The highest BCUT2D eigenvalue weighted by Crippen LogP contribution is 2.30. The summed E-state index contributed by atoms with van der Waals surface area (Å²) in [6.45, 7) is 11.6. The fourth-order valence-electron chi connectivity index (χ4n) is 4.12. The number of hydrogen-bond donors (Lipinski definition) is 0. The van der Waals surface area contributed by atoms with Gasteiger partial charge in [-0.15, -0.1) is 11.3 Å². The van der Waals surface area contributed by atoms with Crippen LogP contribution in [-0.4, -0.2) is 42.6 Å². The average Bonchev–Trinajstić information content (AvgIpc) is 3.26. The quantitative estimate of drug-likeness (QED) is 0.0848. The molecule has 4 nitrogen and oxygen atoms in total. The van der Waals surface area contributed by atoms with Crippen molar-refractivity contribution < 1.29 is 9.59 Å². The molecule has 0 saturated carbocycles. The molecule has 0 atom stereocenters. The number of aryl methyl sites for hydroxylation is 2. The number of Topliss-reactive ketones (excluding diaryl/α,β-unsaturated/α-hetero) is 1. The minimum absolute atomic E-state index is 0.0687. The van der Waals surface area contributed by atoms with Crippen LogP contribution in [0, 0.1) is 5.41 Å². The van der Waals surface area contributed by atoms with Crippen molar-refractivity contribution in [3.05, 3.63) is 75.3 Å². The van der Waals surface area contributed by atoms with Crippen LogP contribution in [0.25, 0.3) is 0 Å². The fraction of sp³-hybridized carbons (Fsp3) is 0.531. The zero-order valence-electron chi connectivity index (χ0n) is 24.2. The van der Waals surface area contributed by atoms with Gasteiger partial charge in [-0.25, -0.2) is 4.98 Å². The van der Waals surface area contributed by atoms with Gasteiger partial charge < -0.3 is 4.90 Å². The Labute approximate surface area is 230 Å². The van der Waals surface area contributed by atoms with E-state index in [0.717, 1.165) is 57.0 Å². The van der Waals surface area contributed by atoms with Crippen molar-refractivity contribution in [1.29, 1.82) is 0 Å². The summed E-state index contributed by atoms with van der Waals surface area (Å²) in [5.74, 6) is 0.333. The Bertz CT molecular complexity index is 990. The third-order valence-corrected chi connectivity index (χ3v) is 6.91. The molecule has 0 aliphatic heterocycles. The van der Waals surface area contributed by atoms with E-state index in [1.807, 2.05) is 13.0 Å². The largest absolute Gasteiger partial charge is 0.306 e. The molecule has 0 aliphatic carbocycles. The molecule has 0 radical (unpaired) electrons. The second kappa shape index (κ2) is 18.0. The zero-order chi connectivity index (χ0) is 27.7. The Hall–Kier alpha value is -2.37. The molecule has 1 heterocycles. The van der Waals surface area contributed by atoms with Gasteiger partial charge in [0.1, 0.15) is 12.1 Å². The van der Waals surface area contributed by atoms with Gasteiger partial charge in [-0.3, -0.25) is 9.59 Å². The van der Waals surface area contributed by atoms with Gasteiger partial charge in [0.15, 0.2) is 0 Å². The van der Waals surface area contributed by atoms with E-state index < -0.39 is 0 Å². The van der Waals surface area contributed by atoms with Crippen molar-refractivity contribution in [1.82, 2.24) is 9.88 Å². The number of unbranched alkanes of at least 4 members (excludes halogenated alkanes) is 1. The highest BCUT2D eigenvalue weighted by molar-refractivity contribution is 7.09. The standard InChI is InChI=1S/C32H48N2O2S/c1-26(18-19-27(2)20-21-34(6)7)14-12-17-31-33-29(25-37-31)15-8-9-16-30(36)24-32(4,5)23-28(3)13-10-11-22-35/h10-11,13-14,18-20,22,25H,8-9,12,15-17,21,23-24H2,1-7H3/b11-10-,19-18+,26-14+,27-20+,28-13+. The molecule has 204 valence electrons. The van der Waals surface area contributed by atoms with Crippen LogP contribution in [0.2, 0.25) is 0 Å². The molecule has 1 rings (SSSR count). The Balaban J connectivity index is 2.34. The van der Waals surface area contributed by atoms with Crippen LogP contribution < -0.4 is 0 Å². The van der Waals surface area contributed by atoms with Gasteiger partial charge in [-0.1, -0.05) is 67.0 Å². The molecule has 0 bridgehead atoms. The summed E-state index contributed by atoms with van der Waals surface area (Å²) in [5.41, 5.74) is 4.83. The summed E-state index contributed by atoms with van der Waals surface area (Å²) in [7, 11) is 4.15. The predicted octanol–water partition coefficient (Wildman–Crippen LogP) is 7.88. The number of allylic oxidation sites excluding steroid dienone is 9. The molecule has 0 saturated heterocycles. The van der Waals surface area contributed by atoms with Crippen molar-refractivity contribution in [2.45, 2.75) is 86.0 Å². The molecular weight excluding hydrogens is 476 g/mol. The normalized spacial score (nSPS) is 13.9. The maximum Gasteiger partial charge on any atom is 0.142 e. The number of likely N-dealkylation sites (N-methyl/N-ethyl adjacent to an activating group) is 1. The molecule has 37 heavy (non-hydrogen) atoms. The van der Waals surface area contributed by atoms with E-state index in [-0.39, 0.29) is 5.41 Å².